The van der Waals surface area contributed by atoms with E-state index in [-0.39, 0.29) is 5.97 Å². The third-order valence-corrected chi connectivity index (χ3v) is 3.33. The molecule has 0 radical (unpaired) electrons. The van der Waals surface area contributed by atoms with Gasteiger partial charge >= 0.3 is 5.97 Å². The van der Waals surface area contributed by atoms with E-state index in [2.05, 4.69) is 23.5 Å². The average molecular weight is 213 g/mol. The molecule has 3 nitrogen and oxygen atoms in total. The zero-order valence-corrected chi connectivity index (χ0v) is 10.2. The molecular weight excluding hydrogens is 190 g/mol. The number of ether oxygens (including phenoxy) is 1. The van der Waals surface area contributed by atoms with Gasteiger partial charge in [0.1, 0.15) is 0 Å². The standard InChI is InChI=1S/C12H23NO2/c1-10(2)11-6-8-13(9-11)7-4-5-12(14)15-3/h10-11H,4-9H2,1-3H3. The lowest BCUT2D eigenvalue weighted by atomic mass is 9.95. The van der Waals surface area contributed by atoms with Crippen LogP contribution in [0.1, 0.15) is 33.1 Å². The van der Waals surface area contributed by atoms with Gasteiger partial charge in [0.15, 0.2) is 0 Å². The molecule has 1 aliphatic heterocycles. The maximum Gasteiger partial charge on any atom is 0.305 e. The summed E-state index contributed by atoms with van der Waals surface area (Å²) >= 11 is 0. The fourth-order valence-corrected chi connectivity index (χ4v) is 2.16. The first-order chi connectivity index (χ1) is 7.13. The van der Waals surface area contributed by atoms with Gasteiger partial charge < -0.3 is 9.64 Å². The molecule has 1 atom stereocenters. The van der Waals surface area contributed by atoms with E-state index in [0.29, 0.717) is 6.42 Å². The van der Waals surface area contributed by atoms with Gasteiger partial charge in [-0.3, -0.25) is 4.79 Å². The number of nitrogens with zero attached hydrogens (tertiary/aromatic N) is 1. The average Bonchev–Trinajstić information content (AvgIpc) is 2.66. The first kappa shape index (κ1) is 12.5. The molecule has 0 aromatic carbocycles. The van der Waals surface area contributed by atoms with Gasteiger partial charge in [-0.05, 0) is 37.8 Å². The summed E-state index contributed by atoms with van der Waals surface area (Å²) in [6, 6.07) is 0. The molecular formula is C12H23NO2. The second kappa shape index (κ2) is 6.11. The zero-order valence-electron chi connectivity index (χ0n) is 10.2. The number of carbonyl (C=O) groups excluding carboxylic acids is 1. The van der Waals surface area contributed by atoms with E-state index in [0.717, 1.165) is 24.8 Å². The Bertz CT molecular complexity index is 204. The van der Waals surface area contributed by atoms with Crippen molar-refractivity contribution in [3.63, 3.8) is 0 Å². The normalized spacial score (nSPS) is 22.3. The van der Waals surface area contributed by atoms with Crippen molar-refractivity contribution in [3.8, 4) is 0 Å². The van der Waals surface area contributed by atoms with Crippen LogP contribution in [-0.2, 0) is 9.53 Å². The monoisotopic (exact) mass is 213 g/mol. The zero-order chi connectivity index (χ0) is 11.3. The summed E-state index contributed by atoms with van der Waals surface area (Å²) < 4.78 is 4.62. The molecule has 1 aliphatic rings. The Hall–Kier alpha value is -0.570. The van der Waals surface area contributed by atoms with Gasteiger partial charge in [-0.2, -0.15) is 0 Å². The van der Waals surface area contributed by atoms with E-state index >= 15 is 0 Å². The van der Waals surface area contributed by atoms with Crippen molar-refractivity contribution in [1.82, 2.24) is 4.90 Å². The summed E-state index contributed by atoms with van der Waals surface area (Å²) in [5, 5.41) is 0. The Morgan fingerprint density at radius 2 is 2.27 bits per heavy atom. The molecule has 1 heterocycles. The van der Waals surface area contributed by atoms with Crippen molar-refractivity contribution in [2.24, 2.45) is 11.8 Å². The van der Waals surface area contributed by atoms with Crippen molar-refractivity contribution in [3.05, 3.63) is 0 Å². The van der Waals surface area contributed by atoms with E-state index in [1.54, 1.807) is 0 Å². The van der Waals surface area contributed by atoms with Crippen LogP contribution < -0.4 is 0 Å². The lowest BCUT2D eigenvalue weighted by Crippen LogP contribution is -2.23. The van der Waals surface area contributed by atoms with Crippen LogP contribution in [-0.4, -0.2) is 37.6 Å². The molecule has 0 aromatic rings. The number of rotatable bonds is 5. The quantitative estimate of drug-likeness (QED) is 0.653. The van der Waals surface area contributed by atoms with Crippen molar-refractivity contribution < 1.29 is 9.53 Å². The van der Waals surface area contributed by atoms with Crippen LogP contribution in [0.4, 0.5) is 0 Å². The summed E-state index contributed by atoms with van der Waals surface area (Å²) in [5.41, 5.74) is 0. The first-order valence-corrected chi connectivity index (χ1v) is 5.92. The molecule has 88 valence electrons. The number of hydrogen-bond acceptors (Lipinski definition) is 3. The number of hydrogen-bond donors (Lipinski definition) is 0. The Labute approximate surface area is 92.8 Å². The highest BCUT2D eigenvalue weighted by atomic mass is 16.5. The minimum absolute atomic E-state index is 0.0883. The van der Waals surface area contributed by atoms with Gasteiger partial charge in [0.05, 0.1) is 7.11 Å². The molecule has 1 fully saturated rings. The molecule has 0 amide bonds. The molecule has 0 spiro atoms. The first-order valence-electron chi connectivity index (χ1n) is 5.92. The van der Waals surface area contributed by atoms with Crippen molar-refractivity contribution >= 4 is 5.97 Å². The fourth-order valence-electron chi connectivity index (χ4n) is 2.16. The fraction of sp³-hybridized carbons (Fsp3) is 0.917. The van der Waals surface area contributed by atoms with Gasteiger partial charge in [-0.1, -0.05) is 13.8 Å². The summed E-state index contributed by atoms with van der Waals surface area (Å²) in [6.07, 6.45) is 2.80. The van der Waals surface area contributed by atoms with Crippen molar-refractivity contribution in [2.75, 3.05) is 26.7 Å². The molecule has 1 rings (SSSR count). The molecule has 0 aliphatic carbocycles. The molecule has 0 saturated carbocycles. The van der Waals surface area contributed by atoms with E-state index < -0.39 is 0 Å². The molecule has 0 aromatic heterocycles. The Morgan fingerprint density at radius 3 is 2.80 bits per heavy atom. The van der Waals surface area contributed by atoms with E-state index in [9.17, 15) is 4.79 Å². The number of esters is 1. The van der Waals surface area contributed by atoms with Gasteiger partial charge in [0, 0.05) is 13.0 Å². The maximum absolute atomic E-state index is 10.9. The summed E-state index contributed by atoms with van der Waals surface area (Å²) in [5.74, 6) is 1.55. The topological polar surface area (TPSA) is 29.5 Å². The van der Waals surface area contributed by atoms with Crippen molar-refractivity contribution in [2.45, 2.75) is 33.1 Å². The summed E-state index contributed by atoms with van der Waals surface area (Å²) in [6.45, 7) is 8.03. The highest BCUT2D eigenvalue weighted by molar-refractivity contribution is 5.69. The Balaban J connectivity index is 2.11. The molecule has 0 bridgehead atoms. The predicted octanol–water partition coefficient (Wildman–Crippen LogP) is 1.92. The third-order valence-electron chi connectivity index (χ3n) is 3.33. The van der Waals surface area contributed by atoms with Crippen LogP contribution in [0, 0.1) is 11.8 Å². The second-order valence-electron chi connectivity index (χ2n) is 4.77. The molecule has 1 saturated heterocycles. The van der Waals surface area contributed by atoms with E-state index in [1.807, 2.05) is 0 Å². The lowest BCUT2D eigenvalue weighted by Gasteiger charge is -2.17. The van der Waals surface area contributed by atoms with Crippen LogP contribution in [0.2, 0.25) is 0 Å². The highest BCUT2D eigenvalue weighted by Crippen LogP contribution is 2.23. The predicted molar refractivity (Wildman–Crippen MR) is 60.6 cm³/mol. The SMILES string of the molecule is COC(=O)CCCN1CCC(C(C)C)C1. The van der Waals surface area contributed by atoms with Crippen LogP contribution in [0.5, 0.6) is 0 Å². The minimum Gasteiger partial charge on any atom is -0.469 e. The van der Waals surface area contributed by atoms with Crippen molar-refractivity contribution in [1.29, 1.82) is 0 Å². The van der Waals surface area contributed by atoms with Gasteiger partial charge in [0.25, 0.3) is 0 Å². The highest BCUT2D eigenvalue weighted by Gasteiger charge is 2.24. The minimum atomic E-state index is -0.0883. The number of carbonyl (C=O) groups is 1. The van der Waals surface area contributed by atoms with Crippen LogP contribution in [0.15, 0.2) is 0 Å². The van der Waals surface area contributed by atoms with Gasteiger partial charge in [-0.15, -0.1) is 0 Å². The Kier molecular flexibility index (Phi) is 5.09. The molecule has 1 unspecified atom stereocenters. The van der Waals surface area contributed by atoms with Gasteiger partial charge in [-0.25, -0.2) is 0 Å². The van der Waals surface area contributed by atoms with E-state index in [1.165, 1.54) is 26.6 Å². The van der Waals surface area contributed by atoms with Gasteiger partial charge in [0.2, 0.25) is 0 Å². The Morgan fingerprint density at radius 1 is 1.53 bits per heavy atom. The van der Waals surface area contributed by atoms with E-state index in [4.69, 9.17) is 0 Å². The van der Waals surface area contributed by atoms with Crippen LogP contribution >= 0.6 is 0 Å². The number of likely N-dealkylation sites (tertiary alicyclic amines) is 1. The summed E-state index contributed by atoms with van der Waals surface area (Å²) in [7, 11) is 1.45. The number of methoxy groups -OCH3 is 1. The molecule has 0 N–H and O–H groups in total. The molecule has 15 heavy (non-hydrogen) atoms. The largest absolute Gasteiger partial charge is 0.469 e. The second-order valence-corrected chi connectivity index (χ2v) is 4.77. The smallest absolute Gasteiger partial charge is 0.305 e. The van der Waals surface area contributed by atoms with Crippen LogP contribution in [0.3, 0.4) is 0 Å². The summed E-state index contributed by atoms with van der Waals surface area (Å²) in [4.78, 5) is 13.4. The lowest BCUT2D eigenvalue weighted by molar-refractivity contribution is -0.140. The molecule has 3 heteroatoms. The maximum atomic E-state index is 10.9. The third kappa shape index (κ3) is 4.20. The van der Waals surface area contributed by atoms with Crippen LogP contribution in [0.25, 0.3) is 0 Å².